The zero-order valence-corrected chi connectivity index (χ0v) is 23.6. The fourth-order valence-electron chi connectivity index (χ4n) is 6.79. The summed E-state index contributed by atoms with van der Waals surface area (Å²) in [7, 11) is 0. The van der Waals surface area contributed by atoms with Crippen LogP contribution in [0.4, 0.5) is 23.1 Å². The van der Waals surface area contributed by atoms with E-state index in [0.717, 1.165) is 101 Å². The first kappa shape index (κ1) is 26.7. The van der Waals surface area contributed by atoms with E-state index in [1.54, 1.807) is 18.6 Å². The van der Waals surface area contributed by atoms with Crippen LogP contribution in [0.5, 0.6) is 0 Å². The number of aromatic nitrogens is 3. The number of nitrogens with zero attached hydrogens (tertiary/aromatic N) is 6. The molecular weight excluding hydrogens is 512 g/mol. The minimum absolute atomic E-state index is 0.225. The maximum absolute atomic E-state index is 13.7. The summed E-state index contributed by atoms with van der Waals surface area (Å²) in [6.45, 7) is 8.21. The van der Waals surface area contributed by atoms with E-state index < -0.39 is 0 Å². The number of hydrogen-bond acceptors (Lipinski definition) is 8. The van der Waals surface area contributed by atoms with E-state index in [-0.39, 0.29) is 11.3 Å². The maximum atomic E-state index is 13.7. The van der Waals surface area contributed by atoms with E-state index in [2.05, 4.69) is 30.4 Å². The molecule has 9 nitrogen and oxygen atoms in total. The fraction of sp³-hybridized carbons (Fsp3) is 0.655. The van der Waals surface area contributed by atoms with Crippen molar-refractivity contribution in [3.63, 3.8) is 0 Å². The molecule has 0 atom stereocenters. The Bertz CT molecular complexity index is 1140. The van der Waals surface area contributed by atoms with Gasteiger partial charge in [-0.25, -0.2) is 4.98 Å². The lowest BCUT2D eigenvalue weighted by Gasteiger charge is -2.38. The third kappa shape index (κ3) is 6.00. The van der Waals surface area contributed by atoms with Gasteiger partial charge in [0, 0.05) is 19.6 Å². The van der Waals surface area contributed by atoms with Gasteiger partial charge in [-0.3, -0.25) is 9.78 Å². The lowest BCUT2D eigenvalue weighted by molar-refractivity contribution is -0.128. The van der Waals surface area contributed by atoms with Gasteiger partial charge >= 0.3 is 0 Å². The average Bonchev–Trinajstić information content (AvgIpc) is 3.30. The van der Waals surface area contributed by atoms with Gasteiger partial charge in [-0.1, -0.05) is 11.6 Å². The topological polar surface area (TPSA) is 89.5 Å². The molecule has 10 heteroatoms. The standard InChI is InChI=1S/C29H41ClN8O/c30-25-21-33-28(35-26(25)37-12-2-1-3-13-37)34-23-18-24(20-32-19-23)38-17-9-29(27(38)39)7-15-36(16-8-29)14-6-22-4-10-31-11-5-22/h18-22,31H,1-17H2,(H,33,34,35). The summed E-state index contributed by atoms with van der Waals surface area (Å²) in [6.07, 6.45) is 15.5. The van der Waals surface area contributed by atoms with Crippen molar-refractivity contribution in [1.82, 2.24) is 25.2 Å². The van der Waals surface area contributed by atoms with Gasteiger partial charge in [0.25, 0.3) is 0 Å². The molecule has 0 radical (unpaired) electrons. The van der Waals surface area contributed by atoms with Gasteiger partial charge in [0.15, 0.2) is 5.82 Å². The second-order valence-electron chi connectivity index (χ2n) is 11.8. The Balaban J connectivity index is 1.07. The normalized spacial score (nSPS) is 22.5. The van der Waals surface area contributed by atoms with Crippen LogP contribution in [0, 0.1) is 11.3 Å². The molecule has 1 spiro atoms. The number of carbonyl (C=O) groups excluding carboxylic acids is 1. The van der Waals surface area contributed by atoms with Crippen molar-refractivity contribution < 1.29 is 4.79 Å². The Morgan fingerprint density at radius 3 is 2.56 bits per heavy atom. The first-order chi connectivity index (χ1) is 19.1. The first-order valence-corrected chi connectivity index (χ1v) is 15.2. The molecule has 0 bridgehead atoms. The smallest absolute Gasteiger partial charge is 0.233 e. The highest BCUT2D eigenvalue weighted by molar-refractivity contribution is 6.32. The summed E-state index contributed by atoms with van der Waals surface area (Å²) in [5.41, 5.74) is 1.37. The lowest BCUT2D eigenvalue weighted by atomic mass is 9.77. The molecule has 4 saturated heterocycles. The number of anilines is 4. The van der Waals surface area contributed by atoms with Crippen molar-refractivity contribution in [2.75, 3.05) is 67.5 Å². The molecular formula is C29H41ClN8O. The number of pyridine rings is 1. The second kappa shape index (κ2) is 11.9. The van der Waals surface area contributed by atoms with Crippen LogP contribution in [-0.4, -0.2) is 78.1 Å². The predicted molar refractivity (Wildman–Crippen MR) is 156 cm³/mol. The Hall–Kier alpha value is -2.49. The Kier molecular flexibility index (Phi) is 8.18. The van der Waals surface area contributed by atoms with Crippen molar-refractivity contribution in [3.05, 3.63) is 29.7 Å². The number of hydrogen-bond donors (Lipinski definition) is 2. The van der Waals surface area contributed by atoms with Gasteiger partial charge in [0.2, 0.25) is 11.9 Å². The van der Waals surface area contributed by atoms with Gasteiger partial charge in [0.1, 0.15) is 5.02 Å². The first-order valence-electron chi connectivity index (χ1n) is 14.8. The number of halogens is 1. The van der Waals surface area contributed by atoms with E-state index in [1.807, 2.05) is 11.0 Å². The molecule has 4 aliphatic rings. The molecule has 2 N–H and O–H groups in total. The van der Waals surface area contributed by atoms with Crippen LogP contribution >= 0.6 is 11.6 Å². The summed E-state index contributed by atoms with van der Waals surface area (Å²) in [5, 5.41) is 7.32. The quantitative estimate of drug-likeness (QED) is 0.520. The SMILES string of the molecule is O=C1N(c2cncc(Nc3ncc(Cl)c(N4CCCCC4)n3)c2)CCC12CCN(CCC1CCNCC1)CC2. The number of piperidine rings is 3. The molecule has 6 heterocycles. The van der Waals surface area contributed by atoms with Crippen LogP contribution < -0.4 is 20.4 Å². The molecule has 6 rings (SSSR count). The summed E-state index contributed by atoms with van der Waals surface area (Å²) in [5.74, 6) is 2.38. The van der Waals surface area contributed by atoms with Crippen LogP contribution in [0.2, 0.25) is 5.02 Å². The number of amides is 1. The van der Waals surface area contributed by atoms with Crippen LogP contribution in [0.1, 0.15) is 57.8 Å². The van der Waals surface area contributed by atoms with Crippen molar-refractivity contribution in [3.8, 4) is 0 Å². The fourth-order valence-corrected chi connectivity index (χ4v) is 7.00. The molecule has 0 unspecified atom stereocenters. The van der Waals surface area contributed by atoms with Crippen molar-refractivity contribution in [1.29, 1.82) is 0 Å². The van der Waals surface area contributed by atoms with Crippen LogP contribution in [0.15, 0.2) is 24.7 Å². The van der Waals surface area contributed by atoms with Crippen LogP contribution in [0.3, 0.4) is 0 Å². The predicted octanol–water partition coefficient (Wildman–Crippen LogP) is 4.47. The van der Waals surface area contributed by atoms with Gasteiger partial charge in [-0.05, 0) is 102 Å². The molecule has 210 valence electrons. The zero-order valence-electron chi connectivity index (χ0n) is 22.9. The molecule has 39 heavy (non-hydrogen) atoms. The van der Waals surface area contributed by atoms with Gasteiger partial charge in [-0.15, -0.1) is 0 Å². The highest BCUT2D eigenvalue weighted by atomic mass is 35.5. The van der Waals surface area contributed by atoms with Crippen molar-refractivity contribution in [2.45, 2.75) is 57.8 Å². The monoisotopic (exact) mass is 552 g/mol. The summed E-state index contributed by atoms with van der Waals surface area (Å²) < 4.78 is 0. The highest BCUT2D eigenvalue weighted by Gasteiger charge is 2.48. The molecule has 4 aliphatic heterocycles. The van der Waals surface area contributed by atoms with Crippen molar-refractivity contribution in [2.24, 2.45) is 11.3 Å². The van der Waals surface area contributed by atoms with E-state index in [4.69, 9.17) is 16.6 Å². The lowest BCUT2D eigenvalue weighted by Crippen LogP contribution is -2.45. The van der Waals surface area contributed by atoms with E-state index >= 15 is 0 Å². The minimum atomic E-state index is -0.225. The molecule has 0 saturated carbocycles. The van der Waals surface area contributed by atoms with Gasteiger partial charge in [-0.2, -0.15) is 4.98 Å². The third-order valence-corrected chi connectivity index (χ3v) is 9.58. The minimum Gasteiger partial charge on any atom is -0.355 e. The summed E-state index contributed by atoms with van der Waals surface area (Å²) in [4.78, 5) is 34.0. The molecule has 0 aromatic carbocycles. The van der Waals surface area contributed by atoms with E-state index in [9.17, 15) is 4.79 Å². The number of likely N-dealkylation sites (tertiary alicyclic amines) is 1. The van der Waals surface area contributed by atoms with Crippen molar-refractivity contribution >= 4 is 40.6 Å². The molecule has 2 aromatic rings. The Morgan fingerprint density at radius 1 is 1.00 bits per heavy atom. The highest BCUT2D eigenvalue weighted by Crippen LogP contribution is 2.43. The average molecular weight is 553 g/mol. The van der Waals surface area contributed by atoms with Gasteiger partial charge < -0.3 is 25.3 Å². The zero-order chi connectivity index (χ0) is 26.7. The number of rotatable bonds is 7. The van der Waals surface area contributed by atoms with E-state index in [0.29, 0.717) is 11.0 Å². The largest absolute Gasteiger partial charge is 0.355 e. The van der Waals surface area contributed by atoms with Crippen LogP contribution in [-0.2, 0) is 4.79 Å². The second-order valence-corrected chi connectivity index (χ2v) is 12.2. The Morgan fingerprint density at radius 2 is 1.77 bits per heavy atom. The molecule has 1 amide bonds. The Labute approximate surface area is 236 Å². The summed E-state index contributed by atoms with van der Waals surface area (Å²) in [6, 6.07) is 1.98. The molecule has 0 aliphatic carbocycles. The maximum Gasteiger partial charge on any atom is 0.233 e. The number of nitrogens with one attached hydrogen (secondary N) is 2. The molecule has 2 aromatic heterocycles. The third-order valence-electron chi connectivity index (χ3n) is 9.31. The van der Waals surface area contributed by atoms with Gasteiger partial charge in [0.05, 0.1) is 35.4 Å². The van der Waals surface area contributed by atoms with Crippen LogP contribution in [0.25, 0.3) is 0 Å². The number of carbonyl (C=O) groups is 1. The molecule has 4 fully saturated rings. The van der Waals surface area contributed by atoms with E-state index in [1.165, 1.54) is 32.2 Å². The summed E-state index contributed by atoms with van der Waals surface area (Å²) >= 11 is 6.44.